The number of sulfonamides is 1. The number of rotatable bonds is 9. The molecule has 0 aliphatic heterocycles. The maximum Gasteiger partial charge on any atom is 0.255 e. The summed E-state index contributed by atoms with van der Waals surface area (Å²) >= 11 is 6.12. The lowest BCUT2D eigenvalue weighted by Gasteiger charge is -2.22. The predicted molar refractivity (Wildman–Crippen MR) is 129 cm³/mol. The van der Waals surface area contributed by atoms with Gasteiger partial charge in [0.05, 0.1) is 19.2 Å². The minimum atomic E-state index is -3.95. The summed E-state index contributed by atoms with van der Waals surface area (Å²) < 4.78 is 38.7. The van der Waals surface area contributed by atoms with Crippen LogP contribution in [0.25, 0.3) is 0 Å². The number of carbonyl (C=O) groups is 1. The molecule has 9 heteroatoms. The van der Waals surface area contributed by atoms with Crippen molar-refractivity contribution < 1.29 is 22.7 Å². The number of nitrogens with zero attached hydrogens (tertiary/aromatic N) is 1. The number of halogens is 1. The third kappa shape index (κ3) is 5.65. The van der Waals surface area contributed by atoms with E-state index >= 15 is 0 Å². The van der Waals surface area contributed by atoms with Crippen LogP contribution in [0.2, 0.25) is 5.02 Å². The number of carbonyl (C=O) groups excluding carboxylic acids is 1. The van der Waals surface area contributed by atoms with Crippen LogP contribution < -0.4 is 14.8 Å². The van der Waals surface area contributed by atoms with Crippen LogP contribution in [0.15, 0.2) is 71.6 Å². The molecule has 3 aromatic carbocycles. The van der Waals surface area contributed by atoms with Crippen molar-refractivity contribution in [2.75, 3.05) is 26.1 Å². The molecule has 0 unspecified atom stereocenters. The van der Waals surface area contributed by atoms with Crippen molar-refractivity contribution in [3.8, 4) is 11.5 Å². The molecule has 0 bridgehead atoms. The van der Waals surface area contributed by atoms with Gasteiger partial charge in [-0.15, -0.1) is 0 Å². The fourth-order valence-corrected chi connectivity index (χ4v) is 5.14. The molecule has 174 valence electrons. The Morgan fingerprint density at radius 1 is 0.970 bits per heavy atom. The number of methoxy groups -OCH3 is 2. The highest BCUT2D eigenvalue weighted by Gasteiger charge is 2.28. The average molecular weight is 489 g/mol. The largest absolute Gasteiger partial charge is 0.495 e. The highest BCUT2D eigenvalue weighted by Crippen LogP contribution is 2.30. The molecule has 33 heavy (non-hydrogen) atoms. The first-order valence-corrected chi connectivity index (χ1v) is 12.0. The van der Waals surface area contributed by atoms with E-state index in [1.165, 1.54) is 36.7 Å². The summed E-state index contributed by atoms with van der Waals surface area (Å²) in [4.78, 5) is 12.8. The molecule has 0 radical (unpaired) electrons. The summed E-state index contributed by atoms with van der Waals surface area (Å²) in [5.74, 6) is 0.151. The fourth-order valence-electron chi connectivity index (χ4n) is 3.26. The van der Waals surface area contributed by atoms with Crippen LogP contribution in [0.3, 0.4) is 0 Å². The zero-order valence-electron chi connectivity index (χ0n) is 18.5. The number of hydrogen-bond acceptors (Lipinski definition) is 5. The van der Waals surface area contributed by atoms with Crippen molar-refractivity contribution in [3.05, 3.63) is 82.9 Å². The molecular weight excluding hydrogens is 464 g/mol. The van der Waals surface area contributed by atoms with E-state index < -0.39 is 15.9 Å². The minimum absolute atomic E-state index is 0.0804. The zero-order chi connectivity index (χ0) is 24.0. The third-order valence-electron chi connectivity index (χ3n) is 5.01. The van der Waals surface area contributed by atoms with Crippen LogP contribution in [0, 0.1) is 0 Å². The molecule has 0 atom stereocenters. The predicted octanol–water partition coefficient (Wildman–Crippen LogP) is 4.82. The first-order chi connectivity index (χ1) is 15.8. The SMILES string of the molecule is CCN(Cc1ccccc1)S(=O)(=O)c1cc(C(=O)Nc2ccc(OC)c(Cl)c2)ccc1OC. The Balaban J connectivity index is 1.92. The standard InChI is InChI=1S/C24H25ClN2O5S/c1-4-27(16-17-8-6-5-7-9-17)33(29,30)23-14-18(10-12-22(23)32-3)24(28)26-19-11-13-21(31-2)20(25)15-19/h5-15H,4,16H2,1-3H3,(H,26,28). The van der Waals surface area contributed by atoms with Crippen LogP contribution in [0.5, 0.6) is 11.5 Å². The summed E-state index contributed by atoms with van der Waals surface area (Å²) in [6.07, 6.45) is 0. The van der Waals surface area contributed by atoms with Gasteiger partial charge in [-0.05, 0) is 42.0 Å². The Bertz CT molecular complexity index is 1230. The van der Waals surface area contributed by atoms with E-state index in [0.29, 0.717) is 16.5 Å². The Kier molecular flexibility index (Phi) is 7.97. The van der Waals surface area contributed by atoms with Crippen LogP contribution in [0.4, 0.5) is 5.69 Å². The molecule has 0 heterocycles. The van der Waals surface area contributed by atoms with Crippen molar-refractivity contribution in [3.63, 3.8) is 0 Å². The van der Waals surface area contributed by atoms with E-state index in [1.54, 1.807) is 25.1 Å². The molecule has 0 saturated carbocycles. The lowest BCUT2D eigenvalue weighted by Crippen LogP contribution is -2.31. The van der Waals surface area contributed by atoms with Gasteiger partial charge in [0, 0.05) is 24.3 Å². The molecule has 0 aromatic heterocycles. The second-order valence-corrected chi connectivity index (χ2v) is 9.40. The number of anilines is 1. The number of amides is 1. The van der Waals surface area contributed by atoms with E-state index in [2.05, 4.69) is 5.32 Å². The van der Waals surface area contributed by atoms with E-state index in [0.717, 1.165) is 5.56 Å². The van der Waals surface area contributed by atoms with Gasteiger partial charge in [0.1, 0.15) is 16.4 Å². The number of benzene rings is 3. The van der Waals surface area contributed by atoms with Gasteiger partial charge in [-0.25, -0.2) is 8.42 Å². The molecule has 0 fully saturated rings. The highest BCUT2D eigenvalue weighted by molar-refractivity contribution is 7.89. The second-order valence-electron chi connectivity index (χ2n) is 7.09. The van der Waals surface area contributed by atoms with Crippen molar-refractivity contribution in [2.24, 2.45) is 0 Å². The van der Waals surface area contributed by atoms with Gasteiger partial charge in [-0.2, -0.15) is 4.31 Å². The Morgan fingerprint density at radius 2 is 1.64 bits per heavy atom. The van der Waals surface area contributed by atoms with E-state index in [4.69, 9.17) is 21.1 Å². The van der Waals surface area contributed by atoms with Gasteiger partial charge in [0.25, 0.3) is 5.91 Å². The van der Waals surface area contributed by atoms with E-state index in [1.807, 2.05) is 30.3 Å². The molecular formula is C24H25ClN2O5S. The topological polar surface area (TPSA) is 84.9 Å². The highest BCUT2D eigenvalue weighted by atomic mass is 35.5. The summed E-state index contributed by atoms with van der Waals surface area (Å²) in [6, 6.07) is 18.4. The van der Waals surface area contributed by atoms with Gasteiger partial charge >= 0.3 is 0 Å². The zero-order valence-corrected chi connectivity index (χ0v) is 20.1. The quantitative estimate of drug-likeness (QED) is 0.466. The lowest BCUT2D eigenvalue weighted by molar-refractivity contribution is 0.102. The molecule has 1 amide bonds. The van der Waals surface area contributed by atoms with Gasteiger partial charge in [-0.1, -0.05) is 48.9 Å². The maximum atomic E-state index is 13.5. The molecule has 3 aromatic rings. The van der Waals surface area contributed by atoms with Crippen LogP contribution in [-0.2, 0) is 16.6 Å². The Morgan fingerprint density at radius 3 is 2.24 bits per heavy atom. The fraction of sp³-hybridized carbons (Fsp3) is 0.208. The monoisotopic (exact) mass is 488 g/mol. The average Bonchev–Trinajstić information content (AvgIpc) is 2.82. The normalized spacial score (nSPS) is 11.3. The molecule has 1 N–H and O–H groups in total. The number of hydrogen-bond donors (Lipinski definition) is 1. The lowest BCUT2D eigenvalue weighted by atomic mass is 10.2. The first kappa shape index (κ1) is 24.6. The summed E-state index contributed by atoms with van der Waals surface area (Å²) in [5.41, 5.74) is 1.47. The van der Waals surface area contributed by atoms with Gasteiger partial charge in [0.15, 0.2) is 0 Å². The van der Waals surface area contributed by atoms with Crippen molar-refractivity contribution in [1.29, 1.82) is 0 Å². The van der Waals surface area contributed by atoms with Crippen LogP contribution in [0.1, 0.15) is 22.8 Å². The van der Waals surface area contributed by atoms with Crippen molar-refractivity contribution in [1.82, 2.24) is 4.31 Å². The van der Waals surface area contributed by atoms with Gasteiger partial charge in [0.2, 0.25) is 10.0 Å². The van der Waals surface area contributed by atoms with Crippen LogP contribution >= 0.6 is 11.6 Å². The maximum absolute atomic E-state index is 13.5. The van der Waals surface area contributed by atoms with Gasteiger partial charge < -0.3 is 14.8 Å². The first-order valence-electron chi connectivity index (χ1n) is 10.2. The molecule has 0 spiro atoms. The van der Waals surface area contributed by atoms with Crippen LogP contribution in [-0.4, -0.2) is 39.4 Å². The smallest absolute Gasteiger partial charge is 0.255 e. The summed E-state index contributed by atoms with van der Waals surface area (Å²) in [7, 11) is -1.06. The minimum Gasteiger partial charge on any atom is -0.495 e. The summed E-state index contributed by atoms with van der Waals surface area (Å²) in [5, 5.41) is 3.06. The molecule has 0 saturated heterocycles. The molecule has 3 rings (SSSR count). The number of nitrogens with one attached hydrogen (secondary N) is 1. The van der Waals surface area contributed by atoms with Crippen molar-refractivity contribution >= 4 is 33.2 Å². The molecule has 7 nitrogen and oxygen atoms in total. The molecule has 0 aliphatic carbocycles. The van der Waals surface area contributed by atoms with E-state index in [-0.39, 0.29) is 29.3 Å². The second kappa shape index (κ2) is 10.7. The van der Waals surface area contributed by atoms with Gasteiger partial charge in [-0.3, -0.25) is 4.79 Å². The Labute approximate surface area is 198 Å². The van der Waals surface area contributed by atoms with E-state index in [9.17, 15) is 13.2 Å². The molecule has 0 aliphatic rings. The third-order valence-corrected chi connectivity index (χ3v) is 7.25. The number of ether oxygens (including phenoxy) is 2. The van der Waals surface area contributed by atoms with Crippen molar-refractivity contribution in [2.45, 2.75) is 18.4 Å². The Hall–Kier alpha value is -3.07. The summed E-state index contributed by atoms with van der Waals surface area (Å²) in [6.45, 7) is 2.21.